The van der Waals surface area contributed by atoms with Crippen molar-refractivity contribution in [3.05, 3.63) is 58.3 Å². The van der Waals surface area contributed by atoms with E-state index >= 15 is 0 Å². The summed E-state index contributed by atoms with van der Waals surface area (Å²) >= 11 is 0. The molecule has 1 aliphatic rings. The first-order chi connectivity index (χ1) is 11.4. The van der Waals surface area contributed by atoms with E-state index in [0.29, 0.717) is 5.92 Å². The molecule has 24 heavy (non-hydrogen) atoms. The number of hydrogen-bond acceptors (Lipinski definition) is 2. The highest BCUT2D eigenvalue weighted by molar-refractivity contribution is 5.87. The monoisotopic (exact) mass is 323 g/mol. The topological polar surface area (TPSA) is 20.3 Å². The number of carbonyl (C=O) groups excluding carboxylic acids is 1. The molecule has 0 saturated heterocycles. The van der Waals surface area contributed by atoms with Crippen molar-refractivity contribution in [1.29, 1.82) is 0 Å². The van der Waals surface area contributed by atoms with Gasteiger partial charge in [-0.25, -0.2) is 0 Å². The van der Waals surface area contributed by atoms with Crippen LogP contribution in [0.5, 0.6) is 0 Å². The van der Waals surface area contributed by atoms with Gasteiger partial charge in [-0.15, -0.1) is 0 Å². The van der Waals surface area contributed by atoms with Crippen LogP contribution in [-0.2, 0) is 11.2 Å². The Hall–Kier alpha value is -2.09. The summed E-state index contributed by atoms with van der Waals surface area (Å²) in [7, 11) is 4.04. The Morgan fingerprint density at radius 1 is 1.29 bits per heavy atom. The third-order valence-electron chi connectivity index (χ3n) is 4.77. The maximum atomic E-state index is 11.3. The fourth-order valence-corrected chi connectivity index (χ4v) is 3.11. The van der Waals surface area contributed by atoms with Crippen molar-refractivity contribution in [2.75, 3.05) is 14.1 Å². The standard InChI is InChI=1S/C22H29NO/c1-7-17-11-19(12-21(18-9-10-18)20(17)8-2)22(13-23(5)6)16(4)15(3)14-24/h8,11-14,18H,2,7,9-10H2,1,3-6H3/b16-15-,22-13?. The number of allylic oxidation sites excluding steroid dienone is 3. The van der Waals surface area contributed by atoms with Gasteiger partial charge in [-0.1, -0.05) is 31.7 Å². The molecule has 1 saturated carbocycles. The van der Waals surface area contributed by atoms with Gasteiger partial charge < -0.3 is 4.90 Å². The molecule has 1 aliphatic carbocycles. The lowest BCUT2D eigenvalue weighted by Crippen LogP contribution is -2.06. The van der Waals surface area contributed by atoms with Gasteiger partial charge in [-0.05, 0) is 72.4 Å². The molecule has 2 rings (SSSR count). The molecule has 0 aromatic heterocycles. The molecule has 0 amide bonds. The summed E-state index contributed by atoms with van der Waals surface area (Å²) in [6.07, 6.45) is 8.58. The molecule has 0 heterocycles. The Bertz CT molecular complexity index is 703. The van der Waals surface area contributed by atoms with Gasteiger partial charge in [0, 0.05) is 25.9 Å². The predicted molar refractivity (Wildman–Crippen MR) is 104 cm³/mol. The van der Waals surface area contributed by atoms with Crippen LogP contribution in [0.3, 0.4) is 0 Å². The maximum absolute atomic E-state index is 11.3. The first-order valence-corrected chi connectivity index (χ1v) is 8.73. The average Bonchev–Trinajstić information content (AvgIpc) is 3.41. The van der Waals surface area contributed by atoms with Crippen molar-refractivity contribution in [1.82, 2.24) is 4.90 Å². The molecule has 0 spiro atoms. The number of nitrogens with zero attached hydrogens (tertiary/aromatic N) is 1. The van der Waals surface area contributed by atoms with Crippen LogP contribution in [0.1, 0.15) is 61.8 Å². The van der Waals surface area contributed by atoms with E-state index in [4.69, 9.17) is 0 Å². The van der Waals surface area contributed by atoms with E-state index in [2.05, 4.69) is 31.8 Å². The summed E-state index contributed by atoms with van der Waals surface area (Å²) in [5, 5.41) is 0. The van der Waals surface area contributed by atoms with E-state index in [1.165, 1.54) is 35.1 Å². The van der Waals surface area contributed by atoms with Gasteiger partial charge in [0.2, 0.25) is 0 Å². The molecule has 2 heteroatoms. The second-order valence-electron chi connectivity index (χ2n) is 6.90. The van der Waals surface area contributed by atoms with Crippen LogP contribution >= 0.6 is 0 Å². The third-order valence-corrected chi connectivity index (χ3v) is 4.77. The maximum Gasteiger partial charge on any atom is 0.146 e. The second kappa shape index (κ2) is 7.65. The Balaban J connectivity index is 2.69. The summed E-state index contributed by atoms with van der Waals surface area (Å²) in [6, 6.07) is 4.57. The number of benzene rings is 1. The molecule has 0 aliphatic heterocycles. The van der Waals surface area contributed by atoms with E-state index in [1.807, 2.05) is 38.9 Å². The summed E-state index contributed by atoms with van der Waals surface area (Å²) < 4.78 is 0. The van der Waals surface area contributed by atoms with Crippen molar-refractivity contribution in [2.45, 2.75) is 46.0 Å². The van der Waals surface area contributed by atoms with Crippen LogP contribution in [0.4, 0.5) is 0 Å². The number of aldehydes is 1. The zero-order valence-corrected chi connectivity index (χ0v) is 15.6. The summed E-state index contributed by atoms with van der Waals surface area (Å²) in [5.74, 6) is 0.667. The minimum absolute atomic E-state index is 0.667. The SMILES string of the molecule is C=Cc1c(CC)cc(C(=CN(C)C)/C(C)=C(/C)C=O)cc1C1CC1. The fourth-order valence-electron chi connectivity index (χ4n) is 3.11. The summed E-state index contributed by atoms with van der Waals surface area (Å²) in [4.78, 5) is 13.3. The van der Waals surface area contributed by atoms with Gasteiger partial charge >= 0.3 is 0 Å². The summed E-state index contributed by atoms with van der Waals surface area (Å²) in [6.45, 7) is 10.1. The molecule has 0 radical (unpaired) electrons. The van der Waals surface area contributed by atoms with Gasteiger partial charge in [-0.3, -0.25) is 4.79 Å². The van der Waals surface area contributed by atoms with E-state index in [9.17, 15) is 4.79 Å². The van der Waals surface area contributed by atoms with Crippen LogP contribution in [-0.4, -0.2) is 25.3 Å². The largest absolute Gasteiger partial charge is 0.383 e. The predicted octanol–water partition coefficient (Wildman–Crippen LogP) is 5.21. The second-order valence-corrected chi connectivity index (χ2v) is 6.90. The van der Waals surface area contributed by atoms with Crippen LogP contribution in [0.2, 0.25) is 0 Å². The minimum atomic E-state index is 0.667. The van der Waals surface area contributed by atoms with Crippen molar-refractivity contribution < 1.29 is 4.79 Å². The molecule has 0 atom stereocenters. The quantitative estimate of drug-likeness (QED) is 0.390. The third kappa shape index (κ3) is 3.87. The lowest BCUT2D eigenvalue weighted by molar-refractivity contribution is -0.104. The Kier molecular flexibility index (Phi) is 5.82. The van der Waals surface area contributed by atoms with Crippen molar-refractivity contribution in [3.8, 4) is 0 Å². The van der Waals surface area contributed by atoms with Gasteiger partial charge in [0.15, 0.2) is 0 Å². The number of rotatable bonds is 7. The molecular formula is C22H29NO. The van der Waals surface area contributed by atoms with Crippen LogP contribution < -0.4 is 0 Å². The first-order valence-electron chi connectivity index (χ1n) is 8.73. The van der Waals surface area contributed by atoms with Crippen molar-refractivity contribution in [3.63, 3.8) is 0 Å². The first kappa shape index (κ1) is 18.3. The van der Waals surface area contributed by atoms with Crippen molar-refractivity contribution >= 4 is 17.9 Å². The number of carbonyl (C=O) groups is 1. The summed E-state index contributed by atoms with van der Waals surface area (Å²) in [5.41, 5.74) is 8.20. The molecule has 0 unspecified atom stereocenters. The number of hydrogen-bond donors (Lipinski definition) is 0. The number of aryl methyl sites for hydroxylation is 1. The van der Waals surface area contributed by atoms with Crippen molar-refractivity contribution in [2.24, 2.45) is 0 Å². The Morgan fingerprint density at radius 3 is 2.42 bits per heavy atom. The smallest absolute Gasteiger partial charge is 0.146 e. The molecule has 1 aromatic rings. The minimum Gasteiger partial charge on any atom is -0.383 e. The van der Waals surface area contributed by atoms with Gasteiger partial charge in [0.05, 0.1) is 0 Å². The lowest BCUT2D eigenvalue weighted by atomic mass is 9.88. The van der Waals surface area contributed by atoms with E-state index < -0.39 is 0 Å². The Labute approximate surface area is 146 Å². The van der Waals surface area contributed by atoms with Gasteiger partial charge in [0.1, 0.15) is 6.29 Å². The molecule has 2 nitrogen and oxygen atoms in total. The van der Waals surface area contributed by atoms with Gasteiger partial charge in [0.25, 0.3) is 0 Å². The normalized spacial score (nSPS) is 15.8. The average molecular weight is 323 g/mol. The van der Waals surface area contributed by atoms with E-state index in [1.54, 1.807) is 0 Å². The molecular weight excluding hydrogens is 294 g/mol. The van der Waals surface area contributed by atoms with Gasteiger partial charge in [-0.2, -0.15) is 0 Å². The Morgan fingerprint density at radius 2 is 1.96 bits per heavy atom. The highest BCUT2D eigenvalue weighted by Crippen LogP contribution is 2.44. The molecule has 0 N–H and O–H groups in total. The van der Waals surface area contributed by atoms with E-state index in [-0.39, 0.29) is 0 Å². The van der Waals surface area contributed by atoms with E-state index in [0.717, 1.165) is 29.4 Å². The lowest BCUT2D eigenvalue weighted by Gasteiger charge is -2.19. The zero-order chi connectivity index (χ0) is 17.9. The highest BCUT2D eigenvalue weighted by Gasteiger charge is 2.27. The molecule has 1 aromatic carbocycles. The zero-order valence-electron chi connectivity index (χ0n) is 15.6. The van der Waals surface area contributed by atoms with Crippen LogP contribution in [0.25, 0.3) is 11.6 Å². The van der Waals surface area contributed by atoms with Crippen LogP contribution in [0.15, 0.2) is 36.1 Å². The highest BCUT2D eigenvalue weighted by atomic mass is 16.1. The molecule has 0 bridgehead atoms. The van der Waals surface area contributed by atoms with Crippen LogP contribution in [0, 0.1) is 0 Å². The molecule has 1 fully saturated rings. The molecule has 128 valence electrons. The fraction of sp³-hybridized carbons (Fsp3) is 0.409.